The molecule has 0 aromatic carbocycles. The molecular weight excluding hydrogens is 182 g/mol. The van der Waals surface area contributed by atoms with E-state index in [1.165, 1.54) is 0 Å². The minimum absolute atomic E-state index is 0.397. The maximum atomic E-state index is 11.0. The monoisotopic (exact) mass is 198 g/mol. The molecule has 1 rings (SSSR count). The molecule has 0 fully saturated rings. The van der Waals surface area contributed by atoms with E-state index < -0.39 is 12.0 Å². The molecule has 14 heavy (non-hydrogen) atoms. The zero-order chi connectivity index (χ0) is 10.8. The van der Waals surface area contributed by atoms with Crippen molar-refractivity contribution in [3.05, 3.63) is 18.2 Å². The van der Waals surface area contributed by atoms with Gasteiger partial charge in [-0.2, -0.15) is 0 Å². The van der Waals surface area contributed by atoms with Crippen LogP contribution < -0.4 is 0 Å². The number of aliphatic carboxylic acids is 1. The van der Waals surface area contributed by atoms with Gasteiger partial charge in [0.15, 0.2) is 6.04 Å². The highest BCUT2D eigenvalue weighted by molar-refractivity contribution is 5.72. The lowest BCUT2D eigenvalue weighted by Gasteiger charge is -2.30. The van der Waals surface area contributed by atoms with E-state index in [-0.39, 0.29) is 0 Å². The van der Waals surface area contributed by atoms with Gasteiger partial charge in [0.2, 0.25) is 0 Å². The van der Waals surface area contributed by atoms with E-state index in [0.29, 0.717) is 10.9 Å². The third kappa shape index (κ3) is 2.56. The maximum absolute atomic E-state index is 11.0. The smallest absolute Gasteiger partial charge is 0.362 e. The molecule has 2 N–H and O–H groups in total. The minimum Gasteiger partial charge on any atom is -0.477 e. The summed E-state index contributed by atoms with van der Waals surface area (Å²) in [7, 11) is 5.61. The Kier molecular flexibility index (Phi) is 2.90. The highest BCUT2D eigenvalue weighted by atomic mass is 16.4. The van der Waals surface area contributed by atoms with Crippen LogP contribution in [0.1, 0.15) is 5.69 Å². The number of aromatic nitrogens is 2. The fourth-order valence-electron chi connectivity index (χ4n) is 1.30. The number of rotatable bonds is 4. The van der Waals surface area contributed by atoms with Crippen molar-refractivity contribution in [3.8, 4) is 0 Å². The Bertz CT molecular complexity index is 300. The number of quaternary nitrogens is 1. The first-order valence-corrected chi connectivity index (χ1v) is 4.42. The predicted octanol–water partition coefficient (Wildman–Crippen LogP) is 0.112. The number of carboxylic acids is 1. The quantitative estimate of drug-likeness (QED) is 0.675. The van der Waals surface area contributed by atoms with Crippen LogP contribution >= 0.6 is 0 Å². The second kappa shape index (κ2) is 3.79. The summed E-state index contributed by atoms with van der Waals surface area (Å²) in [5.74, 6) is -0.785. The number of hydrogen-bond donors (Lipinski definition) is 2. The third-order valence-corrected chi connectivity index (χ3v) is 2.19. The molecular formula is C9H16N3O2+. The number of H-pyrrole nitrogens is 1. The summed E-state index contributed by atoms with van der Waals surface area (Å²) in [6.45, 7) is 0. The molecule has 78 valence electrons. The van der Waals surface area contributed by atoms with Crippen LogP contribution in [0.5, 0.6) is 0 Å². The lowest BCUT2D eigenvalue weighted by atomic mass is 10.1. The first-order valence-electron chi connectivity index (χ1n) is 4.42. The Morgan fingerprint density at radius 3 is 2.64 bits per heavy atom. The van der Waals surface area contributed by atoms with E-state index in [1.54, 1.807) is 12.5 Å². The fourth-order valence-corrected chi connectivity index (χ4v) is 1.30. The van der Waals surface area contributed by atoms with Crippen LogP contribution in [-0.4, -0.2) is 52.7 Å². The predicted molar refractivity (Wildman–Crippen MR) is 51.7 cm³/mol. The molecule has 1 atom stereocenters. The van der Waals surface area contributed by atoms with Crippen LogP contribution in [0.25, 0.3) is 0 Å². The Hall–Kier alpha value is -1.36. The van der Waals surface area contributed by atoms with Gasteiger partial charge in [-0.25, -0.2) is 9.78 Å². The molecule has 0 aliphatic carbocycles. The molecule has 0 spiro atoms. The van der Waals surface area contributed by atoms with Gasteiger partial charge in [0.25, 0.3) is 0 Å². The number of aromatic amines is 1. The van der Waals surface area contributed by atoms with Crippen LogP contribution in [0.4, 0.5) is 0 Å². The average molecular weight is 198 g/mol. The van der Waals surface area contributed by atoms with Gasteiger partial charge < -0.3 is 14.6 Å². The summed E-state index contributed by atoms with van der Waals surface area (Å²) in [5, 5.41) is 9.06. The van der Waals surface area contributed by atoms with Gasteiger partial charge in [-0.05, 0) is 0 Å². The zero-order valence-corrected chi connectivity index (χ0v) is 8.69. The van der Waals surface area contributed by atoms with E-state index >= 15 is 0 Å². The Labute approximate surface area is 83.0 Å². The van der Waals surface area contributed by atoms with Crippen molar-refractivity contribution >= 4 is 5.97 Å². The molecule has 5 nitrogen and oxygen atoms in total. The van der Waals surface area contributed by atoms with Gasteiger partial charge in [-0.15, -0.1) is 0 Å². The molecule has 0 radical (unpaired) electrons. The Morgan fingerprint density at radius 2 is 2.29 bits per heavy atom. The normalized spacial score (nSPS) is 13.9. The van der Waals surface area contributed by atoms with Crippen LogP contribution in [0.15, 0.2) is 12.5 Å². The SMILES string of the molecule is C[N+](C)(C)C(Cc1cnc[nH]1)C(=O)O. The largest absolute Gasteiger partial charge is 0.477 e. The Morgan fingerprint density at radius 1 is 1.64 bits per heavy atom. The van der Waals surface area contributed by atoms with Gasteiger partial charge in [0.05, 0.1) is 33.9 Å². The standard InChI is InChI=1S/C9H15N3O2/c1-12(2,3)8(9(13)14)4-7-5-10-6-11-7/h5-6,8H,4H2,1-3H3,(H-,10,11,13,14)/p+1. The summed E-state index contributed by atoms with van der Waals surface area (Å²) in [5.41, 5.74) is 0.852. The van der Waals surface area contributed by atoms with Crippen molar-refractivity contribution in [2.45, 2.75) is 12.5 Å². The number of likely N-dealkylation sites (N-methyl/N-ethyl adjacent to an activating group) is 1. The third-order valence-electron chi connectivity index (χ3n) is 2.19. The van der Waals surface area contributed by atoms with Gasteiger partial charge in [0.1, 0.15) is 0 Å². The minimum atomic E-state index is -0.785. The average Bonchev–Trinajstić information content (AvgIpc) is 2.48. The van der Waals surface area contributed by atoms with E-state index in [2.05, 4.69) is 9.97 Å². The second-order valence-electron chi connectivity index (χ2n) is 4.25. The number of hydrogen-bond acceptors (Lipinski definition) is 2. The summed E-state index contributed by atoms with van der Waals surface area (Å²) in [4.78, 5) is 17.8. The molecule has 0 bridgehead atoms. The van der Waals surface area contributed by atoms with Crippen LogP contribution in [0.2, 0.25) is 0 Å². The molecule has 1 aromatic heterocycles. The van der Waals surface area contributed by atoms with Gasteiger partial charge in [-0.3, -0.25) is 0 Å². The topological polar surface area (TPSA) is 66.0 Å². The van der Waals surface area contributed by atoms with Gasteiger partial charge in [0, 0.05) is 11.9 Å². The molecule has 1 heterocycles. The number of nitrogens with zero attached hydrogens (tertiary/aromatic N) is 2. The maximum Gasteiger partial charge on any atom is 0.362 e. The molecule has 0 saturated carbocycles. The molecule has 0 aliphatic rings. The van der Waals surface area contributed by atoms with E-state index in [9.17, 15) is 4.79 Å². The summed E-state index contributed by atoms with van der Waals surface area (Å²) >= 11 is 0. The van der Waals surface area contributed by atoms with Gasteiger partial charge in [-0.1, -0.05) is 0 Å². The van der Waals surface area contributed by atoms with E-state index in [4.69, 9.17) is 5.11 Å². The highest BCUT2D eigenvalue weighted by Gasteiger charge is 2.31. The molecule has 0 amide bonds. The van der Waals surface area contributed by atoms with E-state index in [0.717, 1.165) is 5.69 Å². The molecule has 5 heteroatoms. The molecule has 1 aromatic rings. The number of carbonyl (C=O) groups is 1. The summed E-state index contributed by atoms with van der Waals surface area (Å²) in [6, 6.07) is -0.449. The van der Waals surface area contributed by atoms with Crippen LogP contribution in [-0.2, 0) is 11.2 Å². The first kappa shape index (κ1) is 10.7. The summed E-state index contributed by atoms with van der Waals surface area (Å²) in [6.07, 6.45) is 3.69. The second-order valence-corrected chi connectivity index (χ2v) is 4.25. The summed E-state index contributed by atoms with van der Waals surface area (Å²) < 4.78 is 0.397. The first-order chi connectivity index (χ1) is 6.41. The lowest BCUT2D eigenvalue weighted by Crippen LogP contribution is -2.51. The van der Waals surface area contributed by atoms with Gasteiger partial charge >= 0.3 is 5.97 Å². The van der Waals surface area contributed by atoms with Crippen molar-refractivity contribution in [1.29, 1.82) is 0 Å². The van der Waals surface area contributed by atoms with E-state index in [1.807, 2.05) is 21.1 Å². The zero-order valence-electron chi connectivity index (χ0n) is 8.69. The molecule has 0 saturated heterocycles. The Balaban J connectivity index is 2.76. The number of carboxylic acid groups (broad SMARTS) is 1. The van der Waals surface area contributed by atoms with Crippen molar-refractivity contribution in [1.82, 2.24) is 9.97 Å². The van der Waals surface area contributed by atoms with Crippen molar-refractivity contribution < 1.29 is 14.4 Å². The van der Waals surface area contributed by atoms with Crippen LogP contribution in [0, 0.1) is 0 Å². The lowest BCUT2D eigenvalue weighted by molar-refractivity contribution is -0.887. The van der Waals surface area contributed by atoms with Crippen molar-refractivity contribution in [3.63, 3.8) is 0 Å². The van der Waals surface area contributed by atoms with Crippen molar-refractivity contribution in [2.75, 3.05) is 21.1 Å². The fraction of sp³-hybridized carbons (Fsp3) is 0.556. The number of imidazole rings is 1. The highest BCUT2D eigenvalue weighted by Crippen LogP contribution is 2.09. The molecule has 0 aliphatic heterocycles. The van der Waals surface area contributed by atoms with Crippen molar-refractivity contribution in [2.24, 2.45) is 0 Å². The van der Waals surface area contributed by atoms with Crippen LogP contribution in [0.3, 0.4) is 0 Å². The number of nitrogens with one attached hydrogen (secondary N) is 1. The molecule has 1 unspecified atom stereocenters.